The van der Waals surface area contributed by atoms with Crippen LogP contribution in [0.5, 0.6) is 11.5 Å². The molecule has 0 bridgehead atoms. The molecule has 0 aromatic heterocycles. The van der Waals surface area contributed by atoms with Crippen molar-refractivity contribution in [1.29, 1.82) is 0 Å². The Bertz CT molecular complexity index is 987. The number of hydrogen-bond acceptors (Lipinski definition) is 9. The molecule has 7 N–H and O–H groups in total. The zero-order chi connectivity index (χ0) is 21.7. The van der Waals surface area contributed by atoms with Crippen LogP contribution in [0.2, 0.25) is 0 Å². The van der Waals surface area contributed by atoms with Crippen LogP contribution in [0.4, 0.5) is 0 Å². The number of aromatic hydroxyl groups is 2. The second-order valence-corrected chi connectivity index (χ2v) is 7.58. The number of rotatable bonds is 3. The summed E-state index contributed by atoms with van der Waals surface area (Å²) < 4.78 is 5.73. The first-order valence-electron chi connectivity index (χ1n) is 9.43. The highest BCUT2D eigenvalue weighted by Crippen LogP contribution is 2.47. The summed E-state index contributed by atoms with van der Waals surface area (Å²) in [6.45, 7) is -1.06. The van der Waals surface area contributed by atoms with E-state index in [2.05, 4.69) is 0 Å². The first-order valence-corrected chi connectivity index (χ1v) is 9.43. The van der Waals surface area contributed by atoms with Gasteiger partial charge in [-0.05, 0) is 28.8 Å². The number of phenols is 2. The third kappa shape index (κ3) is 2.99. The zero-order valence-electron chi connectivity index (χ0n) is 15.7. The van der Waals surface area contributed by atoms with Crippen LogP contribution in [-0.4, -0.2) is 78.7 Å². The summed E-state index contributed by atoms with van der Waals surface area (Å²) in [5.41, 5.74) is 0.609. The third-order valence-corrected chi connectivity index (χ3v) is 5.85. The summed E-state index contributed by atoms with van der Waals surface area (Å²) in [4.78, 5) is 13.1. The predicted molar refractivity (Wildman–Crippen MR) is 101 cm³/mol. The van der Waals surface area contributed by atoms with Crippen LogP contribution in [-0.2, 0) is 11.3 Å². The van der Waals surface area contributed by atoms with E-state index in [1.165, 1.54) is 24.3 Å². The molecule has 160 valence electrons. The van der Waals surface area contributed by atoms with Crippen molar-refractivity contribution in [2.75, 3.05) is 6.61 Å². The van der Waals surface area contributed by atoms with Crippen LogP contribution in [0.1, 0.15) is 38.5 Å². The fourth-order valence-electron chi connectivity index (χ4n) is 4.41. The van der Waals surface area contributed by atoms with E-state index >= 15 is 0 Å². The second kappa shape index (κ2) is 7.62. The molecule has 6 atom stereocenters. The Kier molecular flexibility index (Phi) is 5.27. The number of aliphatic hydroxyl groups is 5. The summed E-state index contributed by atoms with van der Waals surface area (Å²) in [6, 6.07) is 7.06. The lowest BCUT2D eigenvalue weighted by Crippen LogP contribution is -2.60. The molecule has 2 aliphatic rings. The van der Waals surface area contributed by atoms with Gasteiger partial charge >= 0.3 is 0 Å². The molecule has 1 heterocycles. The number of benzene rings is 2. The molecule has 2 aromatic rings. The maximum atomic E-state index is 13.1. The number of carbonyl (C=O) groups is 1. The molecule has 30 heavy (non-hydrogen) atoms. The van der Waals surface area contributed by atoms with E-state index in [-0.39, 0.29) is 28.0 Å². The van der Waals surface area contributed by atoms with Crippen molar-refractivity contribution in [3.05, 3.63) is 58.1 Å². The van der Waals surface area contributed by atoms with Gasteiger partial charge in [-0.15, -0.1) is 0 Å². The SMILES string of the molecule is O=C1c2c(O)cccc2[C@@H](C2O[C@H](CO)[C@@H](O)[C@H](O)[C@H]2O)c2cc(CO)cc(O)c21. The molecule has 1 saturated heterocycles. The Labute approximate surface area is 171 Å². The van der Waals surface area contributed by atoms with E-state index < -0.39 is 61.2 Å². The smallest absolute Gasteiger partial charge is 0.201 e. The van der Waals surface area contributed by atoms with Crippen LogP contribution in [0, 0.1) is 0 Å². The Morgan fingerprint density at radius 3 is 2.23 bits per heavy atom. The fourth-order valence-corrected chi connectivity index (χ4v) is 4.41. The minimum Gasteiger partial charge on any atom is -0.507 e. The van der Waals surface area contributed by atoms with E-state index in [9.17, 15) is 40.5 Å². The highest BCUT2D eigenvalue weighted by Gasteiger charge is 2.50. The molecule has 1 unspecified atom stereocenters. The normalized spacial score (nSPS) is 30.6. The number of ether oxygens (including phenoxy) is 1. The van der Waals surface area contributed by atoms with Gasteiger partial charge in [0, 0.05) is 5.92 Å². The van der Waals surface area contributed by atoms with Crippen molar-refractivity contribution in [3.8, 4) is 11.5 Å². The summed E-state index contributed by atoms with van der Waals surface area (Å²) in [5.74, 6) is -2.34. The first kappa shape index (κ1) is 20.7. The van der Waals surface area contributed by atoms with Gasteiger partial charge in [0.15, 0.2) is 0 Å². The van der Waals surface area contributed by atoms with Gasteiger partial charge in [0.05, 0.1) is 30.4 Å². The molecule has 0 saturated carbocycles. The van der Waals surface area contributed by atoms with Gasteiger partial charge in [-0.3, -0.25) is 4.79 Å². The summed E-state index contributed by atoms with van der Waals surface area (Å²) in [5, 5.41) is 71.0. The van der Waals surface area contributed by atoms with Gasteiger partial charge in [-0.1, -0.05) is 18.2 Å². The predicted octanol–water partition coefficient (Wildman–Crippen LogP) is -0.891. The van der Waals surface area contributed by atoms with Crippen LogP contribution in [0.25, 0.3) is 0 Å². The van der Waals surface area contributed by atoms with E-state index in [4.69, 9.17) is 4.74 Å². The highest BCUT2D eigenvalue weighted by molar-refractivity contribution is 6.16. The van der Waals surface area contributed by atoms with E-state index in [1.807, 2.05) is 0 Å². The Hall–Kier alpha value is -2.53. The molecular formula is C21H22O9. The summed E-state index contributed by atoms with van der Waals surface area (Å²) in [6.07, 6.45) is -7.22. The lowest BCUT2D eigenvalue weighted by molar-refractivity contribution is -0.232. The Morgan fingerprint density at radius 1 is 0.867 bits per heavy atom. The monoisotopic (exact) mass is 418 g/mol. The lowest BCUT2D eigenvalue weighted by atomic mass is 9.71. The average molecular weight is 418 g/mol. The van der Waals surface area contributed by atoms with Gasteiger partial charge in [0.1, 0.15) is 35.9 Å². The summed E-state index contributed by atoms with van der Waals surface area (Å²) >= 11 is 0. The minimum absolute atomic E-state index is 0.0843. The molecular weight excluding hydrogens is 396 g/mol. The van der Waals surface area contributed by atoms with Gasteiger partial charge in [-0.2, -0.15) is 0 Å². The zero-order valence-corrected chi connectivity index (χ0v) is 15.7. The van der Waals surface area contributed by atoms with Gasteiger partial charge < -0.3 is 40.5 Å². The largest absolute Gasteiger partial charge is 0.507 e. The molecule has 1 fully saturated rings. The number of aliphatic hydroxyl groups excluding tert-OH is 5. The molecule has 0 radical (unpaired) electrons. The number of fused-ring (bicyclic) bond motifs is 2. The number of phenolic OH excluding ortho intramolecular Hbond substituents is 2. The number of carbonyl (C=O) groups excluding carboxylic acids is 1. The first-order chi connectivity index (χ1) is 14.3. The van der Waals surface area contributed by atoms with Gasteiger partial charge in [0.25, 0.3) is 0 Å². The van der Waals surface area contributed by atoms with Crippen molar-refractivity contribution in [2.45, 2.75) is 43.0 Å². The van der Waals surface area contributed by atoms with Crippen molar-refractivity contribution in [1.82, 2.24) is 0 Å². The highest BCUT2D eigenvalue weighted by atomic mass is 16.5. The maximum absolute atomic E-state index is 13.1. The summed E-state index contributed by atoms with van der Waals surface area (Å²) in [7, 11) is 0. The minimum atomic E-state index is -1.64. The molecule has 1 aliphatic carbocycles. The quantitative estimate of drug-likeness (QED) is 0.334. The second-order valence-electron chi connectivity index (χ2n) is 7.58. The van der Waals surface area contributed by atoms with Crippen LogP contribution in [0.15, 0.2) is 30.3 Å². The van der Waals surface area contributed by atoms with Crippen molar-refractivity contribution in [2.24, 2.45) is 0 Å². The van der Waals surface area contributed by atoms with E-state index in [0.29, 0.717) is 5.56 Å². The topological polar surface area (TPSA) is 168 Å². The molecule has 4 rings (SSSR count). The van der Waals surface area contributed by atoms with Crippen LogP contribution < -0.4 is 0 Å². The fraction of sp³-hybridized carbons (Fsp3) is 0.381. The van der Waals surface area contributed by atoms with Gasteiger partial charge in [0.2, 0.25) is 5.78 Å². The maximum Gasteiger partial charge on any atom is 0.201 e. The molecule has 0 spiro atoms. The number of hydrogen-bond donors (Lipinski definition) is 7. The third-order valence-electron chi connectivity index (χ3n) is 5.85. The van der Waals surface area contributed by atoms with Crippen LogP contribution >= 0.6 is 0 Å². The van der Waals surface area contributed by atoms with Crippen molar-refractivity contribution in [3.63, 3.8) is 0 Å². The molecule has 2 aromatic carbocycles. The van der Waals surface area contributed by atoms with Crippen molar-refractivity contribution >= 4 is 5.78 Å². The molecule has 1 aliphatic heterocycles. The number of ketones is 1. The van der Waals surface area contributed by atoms with Gasteiger partial charge in [-0.25, -0.2) is 0 Å². The lowest BCUT2D eigenvalue weighted by Gasteiger charge is -2.45. The van der Waals surface area contributed by atoms with Crippen molar-refractivity contribution < 1.29 is 45.3 Å². The van der Waals surface area contributed by atoms with E-state index in [1.54, 1.807) is 6.07 Å². The molecule has 9 nitrogen and oxygen atoms in total. The Morgan fingerprint density at radius 2 is 1.57 bits per heavy atom. The molecule has 0 amide bonds. The van der Waals surface area contributed by atoms with E-state index in [0.717, 1.165) is 0 Å². The van der Waals surface area contributed by atoms with Crippen LogP contribution in [0.3, 0.4) is 0 Å². The Balaban J connectivity index is 1.96. The molecule has 9 heteroatoms. The standard InChI is InChI=1S/C21H22O9/c22-6-8-4-10-14(21-20(29)19(28)17(26)13(7-23)30-21)9-2-1-3-11(24)15(9)18(27)16(10)12(25)5-8/h1-5,13-14,17,19-26,28-29H,6-7H2/t13-,14-,17-,19+,20-,21?/m1/s1. The average Bonchev–Trinajstić information content (AvgIpc) is 2.73.